The number of amides is 1. The number of nitro groups is 1. The number of anilines is 1. The summed E-state index contributed by atoms with van der Waals surface area (Å²) >= 11 is 6.62. The number of benzene rings is 2. The summed E-state index contributed by atoms with van der Waals surface area (Å²) in [5.74, 6) is 0. The lowest BCUT2D eigenvalue weighted by atomic mass is 10.1. The van der Waals surface area contributed by atoms with Crippen molar-refractivity contribution in [1.82, 2.24) is 14.7 Å². The molecular weight excluding hydrogens is 596 g/mol. The number of carbonyl (C=O) groups excluding carboxylic acids is 1. The molecule has 36 heavy (non-hydrogen) atoms. The number of halogens is 2. The first-order chi connectivity index (χ1) is 17.4. The van der Waals surface area contributed by atoms with E-state index in [0.717, 1.165) is 11.3 Å². The molecule has 1 fully saturated rings. The Bertz CT molecular complexity index is 1300. The minimum absolute atomic E-state index is 0.0322. The van der Waals surface area contributed by atoms with Crippen molar-refractivity contribution >= 4 is 49.3 Å². The quantitative estimate of drug-likeness (QED) is 0.274. The molecule has 0 aliphatic carbocycles. The molecule has 10 nitrogen and oxygen atoms in total. The molecular formula is C24H22Br2N6O4. The fourth-order valence-corrected chi connectivity index (χ4v) is 5.25. The number of hydrogen-bond donors (Lipinski definition) is 0. The van der Waals surface area contributed by atoms with Crippen molar-refractivity contribution in [3.63, 3.8) is 0 Å². The second-order valence-corrected chi connectivity index (χ2v) is 9.63. The lowest BCUT2D eigenvalue weighted by Gasteiger charge is -2.35. The second kappa shape index (κ2) is 11.5. The zero-order chi connectivity index (χ0) is 25.7. The van der Waals surface area contributed by atoms with E-state index < -0.39 is 4.92 Å². The van der Waals surface area contributed by atoms with Crippen LogP contribution < -0.4 is 4.90 Å². The molecule has 0 N–H and O–H groups in total. The molecule has 3 aromatic rings. The van der Waals surface area contributed by atoms with Gasteiger partial charge in [-0.2, -0.15) is 10.4 Å². The fraction of sp³-hybridized carbons (Fsp3) is 0.292. The fourth-order valence-electron chi connectivity index (χ4n) is 3.99. The molecule has 0 atom stereocenters. The van der Waals surface area contributed by atoms with Crippen molar-refractivity contribution in [1.29, 1.82) is 5.26 Å². The highest BCUT2D eigenvalue weighted by Gasteiger charge is 2.24. The number of rotatable bonds is 7. The van der Waals surface area contributed by atoms with Gasteiger partial charge in [-0.3, -0.25) is 14.8 Å². The molecule has 1 saturated heterocycles. The predicted molar refractivity (Wildman–Crippen MR) is 140 cm³/mol. The van der Waals surface area contributed by atoms with Crippen molar-refractivity contribution < 1.29 is 14.5 Å². The number of ether oxygens (including phenoxy) is 1. The normalized spacial score (nSPS) is 13.4. The van der Waals surface area contributed by atoms with Crippen molar-refractivity contribution in [2.75, 3.05) is 31.1 Å². The third-order valence-electron chi connectivity index (χ3n) is 5.92. The summed E-state index contributed by atoms with van der Waals surface area (Å²) in [4.78, 5) is 27.5. The summed E-state index contributed by atoms with van der Waals surface area (Å²) in [6, 6.07) is 16.7. The van der Waals surface area contributed by atoms with Crippen LogP contribution in [0.15, 0.2) is 57.7 Å². The highest BCUT2D eigenvalue weighted by Crippen LogP contribution is 2.28. The number of nitriles is 1. The molecule has 2 heterocycles. The van der Waals surface area contributed by atoms with Gasteiger partial charge in [-0.15, -0.1) is 0 Å². The smallest absolute Gasteiger partial charge is 0.410 e. The van der Waals surface area contributed by atoms with Crippen LogP contribution in [0.5, 0.6) is 0 Å². The van der Waals surface area contributed by atoms with Crippen LogP contribution in [0.2, 0.25) is 0 Å². The van der Waals surface area contributed by atoms with Crippen LogP contribution in [0.25, 0.3) is 0 Å². The maximum Gasteiger partial charge on any atom is 0.410 e. The largest absolute Gasteiger partial charge is 0.445 e. The Morgan fingerprint density at radius 2 is 1.86 bits per heavy atom. The number of nitrogens with zero attached hydrogens (tertiary/aromatic N) is 6. The third-order valence-corrected chi connectivity index (χ3v) is 7.28. The molecule has 0 radical (unpaired) electrons. The van der Waals surface area contributed by atoms with Gasteiger partial charge in [0, 0.05) is 50.0 Å². The van der Waals surface area contributed by atoms with E-state index in [2.05, 4.69) is 47.9 Å². The van der Waals surface area contributed by atoms with E-state index in [0.29, 0.717) is 59.5 Å². The molecule has 0 spiro atoms. The molecule has 1 aliphatic heterocycles. The molecule has 1 amide bonds. The number of nitro benzene ring substituents is 1. The van der Waals surface area contributed by atoms with Gasteiger partial charge >= 0.3 is 6.09 Å². The monoisotopic (exact) mass is 616 g/mol. The Kier molecular flexibility index (Phi) is 8.22. The zero-order valence-electron chi connectivity index (χ0n) is 19.1. The second-order valence-electron chi connectivity index (χ2n) is 8.13. The Balaban J connectivity index is 1.39. The SMILES string of the molecule is N#Cc1c(Br)nn(CCc2cc(N3CCN(C(=O)OCc4ccccc4)CC3)ccc2[N+](=O)[O-])c1Br. The van der Waals surface area contributed by atoms with E-state index in [1.807, 2.05) is 36.4 Å². The van der Waals surface area contributed by atoms with Crippen LogP contribution in [0.1, 0.15) is 16.7 Å². The van der Waals surface area contributed by atoms with Gasteiger partial charge in [-0.25, -0.2) is 4.79 Å². The molecule has 1 aliphatic rings. The molecule has 1 aromatic heterocycles. The lowest BCUT2D eigenvalue weighted by Crippen LogP contribution is -2.49. The van der Waals surface area contributed by atoms with Gasteiger partial charge < -0.3 is 14.5 Å². The van der Waals surface area contributed by atoms with Gasteiger partial charge in [0.25, 0.3) is 5.69 Å². The predicted octanol–water partition coefficient (Wildman–Crippen LogP) is 4.89. The first-order valence-corrected chi connectivity index (χ1v) is 12.8. The maximum atomic E-state index is 12.5. The third kappa shape index (κ3) is 5.85. The van der Waals surface area contributed by atoms with Crippen molar-refractivity contribution in [2.24, 2.45) is 0 Å². The van der Waals surface area contributed by atoms with Crippen molar-refractivity contribution in [2.45, 2.75) is 19.6 Å². The van der Waals surface area contributed by atoms with Crippen molar-refractivity contribution in [3.8, 4) is 6.07 Å². The average molecular weight is 618 g/mol. The van der Waals surface area contributed by atoms with E-state index in [9.17, 15) is 20.2 Å². The van der Waals surface area contributed by atoms with E-state index in [1.54, 1.807) is 15.6 Å². The molecule has 4 rings (SSSR count). The Morgan fingerprint density at radius 3 is 2.50 bits per heavy atom. The lowest BCUT2D eigenvalue weighted by molar-refractivity contribution is -0.385. The van der Waals surface area contributed by atoms with Crippen LogP contribution >= 0.6 is 31.9 Å². The number of aryl methyl sites for hydroxylation is 2. The van der Waals surface area contributed by atoms with Gasteiger partial charge in [0.2, 0.25) is 0 Å². The van der Waals surface area contributed by atoms with Crippen LogP contribution in [-0.4, -0.2) is 51.9 Å². The zero-order valence-corrected chi connectivity index (χ0v) is 22.3. The van der Waals surface area contributed by atoms with E-state index >= 15 is 0 Å². The average Bonchev–Trinajstić information content (AvgIpc) is 3.18. The van der Waals surface area contributed by atoms with Gasteiger partial charge in [-0.05, 0) is 56.0 Å². The highest BCUT2D eigenvalue weighted by molar-refractivity contribution is 9.11. The summed E-state index contributed by atoms with van der Waals surface area (Å²) in [6.45, 7) is 2.73. The molecule has 186 valence electrons. The van der Waals surface area contributed by atoms with Crippen LogP contribution in [0, 0.1) is 21.4 Å². The number of aromatic nitrogens is 2. The molecule has 0 saturated carbocycles. The minimum Gasteiger partial charge on any atom is -0.445 e. The first-order valence-electron chi connectivity index (χ1n) is 11.2. The molecule has 0 bridgehead atoms. The standard InChI is InChI=1S/C24H22Br2N6O4/c25-22-20(15-27)23(26)31(28-22)9-8-18-14-19(6-7-21(18)32(34)35)29-10-12-30(13-11-29)24(33)36-16-17-4-2-1-3-5-17/h1-7,14H,8-13,16H2. The summed E-state index contributed by atoms with van der Waals surface area (Å²) in [5, 5.41) is 25.1. The van der Waals surface area contributed by atoms with Crippen LogP contribution in [0.4, 0.5) is 16.2 Å². The number of piperazine rings is 1. The topological polar surface area (TPSA) is 118 Å². The van der Waals surface area contributed by atoms with Crippen LogP contribution in [-0.2, 0) is 24.3 Å². The van der Waals surface area contributed by atoms with E-state index in [1.165, 1.54) is 6.07 Å². The van der Waals surface area contributed by atoms with Crippen LogP contribution in [0.3, 0.4) is 0 Å². The summed E-state index contributed by atoms with van der Waals surface area (Å²) < 4.78 is 7.96. The first kappa shape index (κ1) is 25.7. The van der Waals surface area contributed by atoms with Gasteiger partial charge in [-0.1, -0.05) is 30.3 Å². The van der Waals surface area contributed by atoms with Crippen molar-refractivity contribution in [3.05, 3.63) is 84.5 Å². The Morgan fingerprint density at radius 1 is 1.14 bits per heavy atom. The van der Waals surface area contributed by atoms with Gasteiger partial charge in [0.1, 0.15) is 27.4 Å². The van der Waals surface area contributed by atoms with Gasteiger partial charge in [0.15, 0.2) is 0 Å². The van der Waals surface area contributed by atoms with E-state index in [-0.39, 0.29) is 18.4 Å². The Labute approximate surface area is 224 Å². The maximum absolute atomic E-state index is 12.5. The summed E-state index contributed by atoms with van der Waals surface area (Å²) in [5.41, 5.74) is 2.76. The molecule has 2 aromatic carbocycles. The summed E-state index contributed by atoms with van der Waals surface area (Å²) in [7, 11) is 0. The Hall–Kier alpha value is -3.43. The summed E-state index contributed by atoms with van der Waals surface area (Å²) in [6.07, 6.45) is 0.00338. The van der Waals surface area contributed by atoms with E-state index in [4.69, 9.17) is 4.74 Å². The number of carbonyl (C=O) groups is 1. The van der Waals surface area contributed by atoms with Gasteiger partial charge in [0.05, 0.1) is 4.92 Å². The minimum atomic E-state index is -0.394. The molecule has 12 heteroatoms. The molecule has 0 unspecified atom stereocenters. The highest BCUT2D eigenvalue weighted by atomic mass is 79.9. The number of hydrogen-bond acceptors (Lipinski definition) is 7.